The Kier molecular flexibility index (Phi) is 5.96. The van der Waals surface area contributed by atoms with Gasteiger partial charge in [0.15, 0.2) is 0 Å². The molecule has 5 aromatic rings. The number of fused-ring (bicyclic) bond motifs is 2. The average molecular weight is 499 g/mol. The number of hydrogen-bond donors (Lipinski definition) is 4. The number of aromatic nitrogens is 4. The van der Waals surface area contributed by atoms with E-state index in [4.69, 9.17) is 15.0 Å². The van der Waals surface area contributed by atoms with Crippen LogP contribution in [0.4, 0.5) is 17.5 Å². The van der Waals surface area contributed by atoms with Gasteiger partial charge in [-0.15, -0.1) is 11.3 Å². The highest BCUT2D eigenvalue weighted by atomic mass is 32.1. The number of nitrogens with zero attached hydrogens (tertiary/aromatic N) is 4. The van der Waals surface area contributed by atoms with Crippen LogP contribution in [0.2, 0.25) is 0 Å². The molecule has 2 unspecified atom stereocenters. The van der Waals surface area contributed by atoms with Crippen LogP contribution in [0.25, 0.3) is 31.7 Å². The van der Waals surface area contributed by atoms with Gasteiger partial charge in [0.25, 0.3) is 0 Å². The molecule has 4 N–H and O–H groups in total. The number of hydrogen-bond acceptors (Lipinski definition) is 9. The van der Waals surface area contributed by atoms with Gasteiger partial charge in [0.2, 0.25) is 5.95 Å². The number of thiazole rings is 1. The topological polar surface area (TPSA) is 116 Å². The molecule has 2 aromatic carbocycles. The van der Waals surface area contributed by atoms with E-state index in [-0.39, 0.29) is 18.6 Å². The molecule has 6 rings (SSSR count). The van der Waals surface area contributed by atoms with Crippen molar-refractivity contribution in [2.24, 2.45) is 5.92 Å². The molecule has 0 spiro atoms. The molecule has 0 radical (unpaired) electrons. The van der Waals surface area contributed by atoms with Crippen LogP contribution in [0.15, 0.2) is 60.8 Å². The molecule has 3 atom stereocenters. The number of pyridine rings is 1. The molecule has 3 aromatic heterocycles. The Hall–Kier alpha value is -3.66. The summed E-state index contributed by atoms with van der Waals surface area (Å²) in [6, 6.07) is 17.9. The summed E-state index contributed by atoms with van der Waals surface area (Å²) in [5.41, 5.74) is 4.24. The zero-order valence-electron chi connectivity index (χ0n) is 19.7. The number of aliphatic hydroxyl groups is 2. The van der Waals surface area contributed by atoms with Gasteiger partial charge in [0.05, 0.1) is 38.8 Å². The lowest BCUT2D eigenvalue weighted by Crippen LogP contribution is -2.19. The largest absolute Gasteiger partial charge is 0.396 e. The summed E-state index contributed by atoms with van der Waals surface area (Å²) in [7, 11) is 0. The third kappa shape index (κ3) is 4.26. The molecule has 1 aliphatic rings. The van der Waals surface area contributed by atoms with Crippen LogP contribution in [0, 0.1) is 12.8 Å². The Balaban J connectivity index is 1.42. The van der Waals surface area contributed by atoms with E-state index in [1.54, 1.807) is 17.5 Å². The lowest BCUT2D eigenvalue weighted by atomic mass is 10.1. The van der Waals surface area contributed by atoms with Gasteiger partial charge in [-0.2, -0.15) is 4.98 Å². The number of rotatable bonds is 6. The monoisotopic (exact) mass is 498 g/mol. The van der Waals surface area contributed by atoms with Gasteiger partial charge < -0.3 is 20.8 Å². The van der Waals surface area contributed by atoms with E-state index in [1.165, 1.54) is 0 Å². The summed E-state index contributed by atoms with van der Waals surface area (Å²) in [6.45, 7) is 1.93. The zero-order chi connectivity index (χ0) is 24.6. The van der Waals surface area contributed by atoms with Gasteiger partial charge in [-0.1, -0.05) is 30.3 Å². The Labute approximate surface area is 212 Å². The van der Waals surface area contributed by atoms with Crippen LogP contribution in [0.1, 0.15) is 18.5 Å². The Morgan fingerprint density at radius 1 is 1.00 bits per heavy atom. The standard InChI is InChI=1S/C27H26N6O2S/c1-15-23(26-31-19-8-2-3-10-22(19)36-26)25(30-18-12-17(14-34)21(35)13-18)33-27(29-15)32-20-9-4-6-16-7-5-11-28-24(16)20/h2-11,17-18,21,34-35H,12-14H2,1H3,(H2,29,30,32,33)/t17?,18?,21-/m0/s1. The highest BCUT2D eigenvalue weighted by Gasteiger charge is 2.33. The second-order valence-corrected chi connectivity index (χ2v) is 10.2. The highest BCUT2D eigenvalue weighted by Crippen LogP contribution is 2.38. The van der Waals surface area contributed by atoms with Gasteiger partial charge >= 0.3 is 0 Å². The molecule has 182 valence electrons. The maximum Gasteiger partial charge on any atom is 0.229 e. The van der Waals surface area contributed by atoms with Gasteiger partial charge in [0.1, 0.15) is 10.8 Å². The lowest BCUT2D eigenvalue weighted by molar-refractivity contribution is 0.0908. The predicted octanol–water partition coefficient (Wildman–Crippen LogP) is 4.90. The molecular formula is C27H26N6O2S. The second kappa shape index (κ2) is 9.42. The molecule has 0 aliphatic heterocycles. The number of para-hydroxylation sites is 2. The van der Waals surface area contributed by atoms with E-state index >= 15 is 0 Å². The molecule has 0 amide bonds. The number of benzene rings is 2. The molecule has 0 saturated heterocycles. The summed E-state index contributed by atoms with van der Waals surface area (Å²) in [6.07, 6.45) is 2.44. The van der Waals surface area contributed by atoms with E-state index < -0.39 is 6.10 Å². The van der Waals surface area contributed by atoms with Crippen molar-refractivity contribution in [1.29, 1.82) is 0 Å². The number of anilines is 3. The van der Waals surface area contributed by atoms with E-state index in [2.05, 4.69) is 21.7 Å². The van der Waals surface area contributed by atoms with Crippen LogP contribution in [-0.4, -0.2) is 48.9 Å². The van der Waals surface area contributed by atoms with Crippen molar-refractivity contribution in [3.8, 4) is 10.6 Å². The molecule has 3 heterocycles. The average Bonchev–Trinajstić information content (AvgIpc) is 3.46. The molecule has 1 fully saturated rings. The predicted molar refractivity (Wildman–Crippen MR) is 144 cm³/mol. The smallest absolute Gasteiger partial charge is 0.229 e. The summed E-state index contributed by atoms with van der Waals surface area (Å²) < 4.78 is 1.10. The molecule has 36 heavy (non-hydrogen) atoms. The Morgan fingerprint density at radius 2 is 1.86 bits per heavy atom. The van der Waals surface area contributed by atoms with Gasteiger partial charge in [-0.3, -0.25) is 4.98 Å². The maximum absolute atomic E-state index is 10.4. The first-order valence-corrected chi connectivity index (χ1v) is 12.8. The SMILES string of the molecule is Cc1nc(Nc2cccc3cccnc23)nc(NC2CC(CO)[C@@H](O)C2)c1-c1nc2ccccc2s1. The first kappa shape index (κ1) is 22.8. The van der Waals surface area contributed by atoms with Crippen molar-refractivity contribution >= 4 is 49.9 Å². The Bertz CT molecular complexity index is 1520. The zero-order valence-corrected chi connectivity index (χ0v) is 20.5. The quantitative estimate of drug-likeness (QED) is 0.261. The lowest BCUT2D eigenvalue weighted by Gasteiger charge is -2.18. The third-order valence-corrected chi connectivity index (χ3v) is 7.76. The summed E-state index contributed by atoms with van der Waals surface area (Å²) in [5.74, 6) is 0.971. The maximum atomic E-state index is 10.4. The van der Waals surface area contributed by atoms with Crippen molar-refractivity contribution in [3.63, 3.8) is 0 Å². The molecule has 0 bridgehead atoms. The molecule has 1 saturated carbocycles. The summed E-state index contributed by atoms with van der Waals surface area (Å²) >= 11 is 1.60. The summed E-state index contributed by atoms with van der Waals surface area (Å²) in [5, 5.41) is 28.8. The fourth-order valence-corrected chi connectivity index (χ4v) is 5.97. The molecule has 8 nitrogen and oxygen atoms in total. The normalized spacial score (nSPS) is 19.7. The first-order chi connectivity index (χ1) is 17.6. The second-order valence-electron chi connectivity index (χ2n) is 9.17. The number of aryl methyl sites for hydroxylation is 1. The number of aliphatic hydroxyl groups excluding tert-OH is 2. The van der Waals surface area contributed by atoms with Crippen molar-refractivity contribution < 1.29 is 10.2 Å². The van der Waals surface area contributed by atoms with Crippen molar-refractivity contribution in [3.05, 3.63) is 66.5 Å². The van der Waals surface area contributed by atoms with E-state index in [0.717, 1.165) is 43.1 Å². The van der Waals surface area contributed by atoms with E-state index in [1.807, 2.05) is 55.5 Å². The van der Waals surface area contributed by atoms with Gasteiger partial charge in [-0.05, 0) is 44.0 Å². The van der Waals surface area contributed by atoms with Gasteiger partial charge in [0, 0.05) is 30.1 Å². The van der Waals surface area contributed by atoms with Crippen LogP contribution in [0.3, 0.4) is 0 Å². The highest BCUT2D eigenvalue weighted by molar-refractivity contribution is 7.21. The minimum Gasteiger partial charge on any atom is -0.396 e. The van der Waals surface area contributed by atoms with Crippen molar-refractivity contribution in [2.45, 2.75) is 31.9 Å². The van der Waals surface area contributed by atoms with E-state index in [9.17, 15) is 10.2 Å². The molecule has 1 aliphatic carbocycles. The Morgan fingerprint density at radius 3 is 2.69 bits per heavy atom. The fourth-order valence-electron chi connectivity index (χ4n) is 4.90. The van der Waals surface area contributed by atoms with Crippen LogP contribution >= 0.6 is 11.3 Å². The van der Waals surface area contributed by atoms with Crippen LogP contribution in [-0.2, 0) is 0 Å². The fraction of sp³-hybridized carbons (Fsp3) is 0.259. The number of nitrogens with one attached hydrogen (secondary N) is 2. The minimum atomic E-state index is -0.541. The third-order valence-electron chi connectivity index (χ3n) is 6.71. The van der Waals surface area contributed by atoms with E-state index in [0.29, 0.717) is 24.6 Å². The molecular weight excluding hydrogens is 472 g/mol. The van der Waals surface area contributed by atoms with Crippen molar-refractivity contribution in [2.75, 3.05) is 17.2 Å². The van der Waals surface area contributed by atoms with Gasteiger partial charge in [-0.25, -0.2) is 9.97 Å². The van der Waals surface area contributed by atoms with Crippen LogP contribution in [0.5, 0.6) is 0 Å². The van der Waals surface area contributed by atoms with Crippen LogP contribution < -0.4 is 10.6 Å². The minimum absolute atomic E-state index is 0.0216. The summed E-state index contributed by atoms with van der Waals surface area (Å²) in [4.78, 5) is 19.1. The molecule has 9 heteroatoms. The van der Waals surface area contributed by atoms with Crippen molar-refractivity contribution in [1.82, 2.24) is 19.9 Å². The first-order valence-electron chi connectivity index (χ1n) is 12.0.